The highest BCUT2D eigenvalue weighted by molar-refractivity contribution is 5.53. The average molecular weight is 314 g/mol. The van der Waals surface area contributed by atoms with Gasteiger partial charge in [-0.3, -0.25) is 4.90 Å². The third kappa shape index (κ3) is 3.54. The summed E-state index contributed by atoms with van der Waals surface area (Å²) >= 11 is 0. The number of anilines is 1. The van der Waals surface area contributed by atoms with Gasteiger partial charge in [0.1, 0.15) is 5.82 Å². The molecule has 0 saturated carbocycles. The molecule has 1 aliphatic rings. The summed E-state index contributed by atoms with van der Waals surface area (Å²) < 4.78 is 13.2. The van der Waals surface area contributed by atoms with E-state index in [1.54, 1.807) is 6.07 Å². The quantitative estimate of drug-likeness (QED) is 0.943. The predicted molar refractivity (Wildman–Crippen MR) is 91.1 cm³/mol. The second-order valence-electron chi connectivity index (χ2n) is 6.30. The molecule has 23 heavy (non-hydrogen) atoms. The summed E-state index contributed by atoms with van der Waals surface area (Å²) in [6.45, 7) is 5.02. The Morgan fingerprint density at radius 2 is 1.96 bits per heavy atom. The largest absolute Gasteiger partial charge is 0.387 e. The lowest BCUT2D eigenvalue weighted by Crippen LogP contribution is -2.32. The fourth-order valence-electron chi connectivity index (χ4n) is 3.26. The number of β-amino-alcohol motifs (C(OH)–C–C–N with tert-alkyl or cyclic N) is 1. The molecule has 1 heterocycles. The van der Waals surface area contributed by atoms with E-state index in [0.717, 1.165) is 30.8 Å². The number of halogens is 1. The zero-order valence-corrected chi connectivity index (χ0v) is 13.7. The zero-order chi connectivity index (χ0) is 16.4. The lowest BCUT2D eigenvalue weighted by Gasteiger charge is -2.24. The number of aliphatic hydroxyl groups is 1. The maximum atomic E-state index is 13.2. The minimum atomic E-state index is -0.605. The molecular formula is C19H23FN2O. The van der Waals surface area contributed by atoms with Crippen LogP contribution in [0.4, 0.5) is 10.1 Å². The summed E-state index contributed by atoms with van der Waals surface area (Å²) in [5.74, 6) is -0.260. The van der Waals surface area contributed by atoms with E-state index >= 15 is 0 Å². The van der Waals surface area contributed by atoms with Gasteiger partial charge < -0.3 is 10.0 Å². The molecule has 0 saturated heterocycles. The van der Waals surface area contributed by atoms with Crippen LogP contribution in [0.5, 0.6) is 0 Å². The van der Waals surface area contributed by atoms with Crippen molar-refractivity contribution in [2.45, 2.75) is 19.6 Å². The minimum Gasteiger partial charge on any atom is -0.387 e. The van der Waals surface area contributed by atoms with E-state index in [2.05, 4.69) is 41.1 Å². The van der Waals surface area contributed by atoms with Crippen molar-refractivity contribution in [1.82, 2.24) is 4.90 Å². The maximum absolute atomic E-state index is 13.2. The Bertz CT molecular complexity index is 689. The van der Waals surface area contributed by atoms with Crippen LogP contribution in [0, 0.1) is 12.7 Å². The Balaban J connectivity index is 1.75. The molecule has 0 fully saturated rings. The Morgan fingerprint density at radius 1 is 1.17 bits per heavy atom. The van der Waals surface area contributed by atoms with Gasteiger partial charge in [-0.25, -0.2) is 4.39 Å². The molecule has 2 aromatic carbocycles. The monoisotopic (exact) mass is 314 g/mol. The van der Waals surface area contributed by atoms with Crippen LogP contribution >= 0.6 is 0 Å². The van der Waals surface area contributed by atoms with Crippen LogP contribution < -0.4 is 4.90 Å². The number of hydrogen-bond acceptors (Lipinski definition) is 3. The van der Waals surface area contributed by atoms with Crippen molar-refractivity contribution < 1.29 is 9.50 Å². The molecule has 3 nitrogen and oxygen atoms in total. The number of benzene rings is 2. The Morgan fingerprint density at radius 3 is 2.74 bits per heavy atom. The van der Waals surface area contributed by atoms with Crippen LogP contribution in [0.1, 0.15) is 22.8 Å². The van der Waals surface area contributed by atoms with Gasteiger partial charge in [-0.1, -0.05) is 24.3 Å². The van der Waals surface area contributed by atoms with Gasteiger partial charge in [-0.2, -0.15) is 0 Å². The van der Waals surface area contributed by atoms with Crippen molar-refractivity contribution in [3.05, 3.63) is 65.0 Å². The van der Waals surface area contributed by atoms with Crippen molar-refractivity contribution in [3.8, 4) is 0 Å². The number of para-hydroxylation sites is 1. The Labute approximate surface area is 137 Å². The van der Waals surface area contributed by atoms with Gasteiger partial charge in [0.25, 0.3) is 0 Å². The van der Waals surface area contributed by atoms with Crippen LogP contribution in [0.2, 0.25) is 0 Å². The van der Waals surface area contributed by atoms with Gasteiger partial charge in [0.05, 0.1) is 6.10 Å². The standard InChI is InChI=1S/C19H23FN2O/c1-14-11-16(20)7-8-17(14)19(23)13-22-10-9-21(2)18-6-4-3-5-15(18)12-22/h3-8,11,19,23H,9-10,12-13H2,1-2H3. The maximum Gasteiger partial charge on any atom is 0.123 e. The molecule has 0 aliphatic carbocycles. The normalized spacial score (nSPS) is 16.8. The number of nitrogens with zero attached hydrogens (tertiary/aromatic N) is 2. The first-order chi connectivity index (χ1) is 11.0. The van der Waals surface area contributed by atoms with Gasteiger partial charge in [0.15, 0.2) is 0 Å². The smallest absolute Gasteiger partial charge is 0.123 e. The number of likely N-dealkylation sites (N-methyl/N-ethyl adjacent to an activating group) is 1. The zero-order valence-electron chi connectivity index (χ0n) is 13.7. The molecule has 0 aromatic heterocycles. The molecule has 1 atom stereocenters. The molecule has 3 rings (SSSR count). The highest BCUT2D eigenvalue weighted by atomic mass is 19.1. The van der Waals surface area contributed by atoms with Crippen molar-refractivity contribution in [1.29, 1.82) is 0 Å². The highest BCUT2D eigenvalue weighted by Crippen LogP contribution is 2.26. The van der Waals surface area contributed by atoms with Crippen LogP contribution in [-0.4, -0.2) is 36.7 Å². The number of aliphatic hydroxyl groups excluding tert-OH is 1. The van der Waals surface area contributed by atoms with Gasteiger partial charge in [0, 0.05) is 38.9 Å². The predicted octanol–water partition coefficient (Wildman–Crippen LogP) is 3.12. The van der Waals surface area contributed by atoms with E-state index in [-0.39, 0.29) is 5.82 Å². The minimum absolute atomic E-state index is 0.260. The molecule has 1 N–H and O–H groups in total. The first kappa shape index (κ1) is 16.0. The van der Waals surface area contributed by atoms with E-state index in [4.69, 9.17) is 0 Å². The van der Waals surface area contributed by atoms with Crippen LogP contribution in [0.15, 0.2) is 42.5 Å². The lowest BCUT2D eigenvalue weighted by molar-refractivity contribution is 0.111. The van der Waals surface area contributed by atoms with Crippen LogP contribution in [0.25, 0.3) is 0 Å². The van der Waals surface area contributed by atoms with E-state index < -0.39 is 6.10 Å². The molecule has 0 amide bonds. The average Bonchev–Trinajstić information content (AvgIpc) is 2.67. The molecule has 1 unspecified atom stereocenters. The molecule has 122 valence electrons. The summed E-state index contributed by atoms with van der Waals surface area (Å²) in [4.78, 5) is 4.51. The van der Waals surface area contributed by atoms with E-state index in [0.29, 0.717) is 6.54 Å². The van der Waals surface area contributed by atoms with Crippen molar-refractivity contribution >= 4 is 5.69 Å². The molecule has 4 heteroatoms. The van der Waals surface area contributed by atoms with Crippen molar-refractivity contribution in [2.75, 3.05) is 31.6 Å². The van der Waals surface area contributed by atoms with E-state index in [1.165, 1.54) is 23.4 Å². The summed E-state index contributed by atoms with van der Waals surface area (Å²) in [7, 11) is 2.10. The first-order valence-electron chi connectivity index (χ1n) is 8.00. The van der Waals surface area contributed by atoms with Gasteiger partial charge >= 0.3 is 0 Å². The summed E-state index contributed by atoms with van der Waals surface area (Å²) in [5.41, 5.74) is 4.13. The summed E-state index contributed by atoms with van der Waals surface area (Å²) in [6.07, 6.45) is -0.605. The molecular weight excluding hydrogens is 291 g/mol. The third-order valence-electron chi connectivity index (χ3n) is 4.57. The number of rotatable bonds is 3. The molecule has 1 aliphatic heterocycles. The van der Waals surface area contributed by atoms with Crippen molar-refractivity contribution in [3.63, 3.8) is 0 Å². The topological polar surface area (TPSA) is 26.7 Å². The van der Waals surface area contributed by atoms with Gasteiger partial charge in [-0.05, 0) is 41.8 Å². The fourth-order valence-corrected chi connectivity index (χ4v) is 3.26. The molecule has 0 radical (unpaired) electrons. The second kappa shape index (κ2) is 6.69. The summed E-state index contributed by atoms with van der Waals surface area (Å²) in [5, 5.41) is 10.6. The number of aryl methyl sites for hydroxylation is 1. The lowest BCUT2D eigenvalue weighted by atomic mass is 10.0. The fraction of sp³-hybridized carbons (Fsp3) is 0.368. The highest BCUT2D eigenvalue weighted by Gasteiger charge is 2.20. The van der Waals surface area contributed by atoms with Crippen LogP contribution in [0.3, 0.4) is 0 Å². The molecule has 0 spiro atoms. The van der Waals surface area contributed by atoms with Crippen molar-refractivity contribution in [2.24, 2.45) is 0 Å². The van der Waals surface area contributed by atoms with E-state index in [1.807, 2.05) is 6.92 Å². The van der Waals surface area contributed by atoms with Gasteiger partial charge in [0.2, 0.25) is 0 Å². The van der Waals surface area contributed by atoms with Crippen LogP contribution in [-0.2, 0) is 6.54 Å². The number of fused-ring (bicyclic) bond motifs is 1. The third-order valence-corrected chi connectivity index (χ3v) is 4.57. The Hall–Kier alpha value is -1.91. The second-order valence-corrected chi connectivity index (χ2v) is 6.30. The summed E-state index contributed by atoms with van der Waals surface area (Å²) in [6, 6.07) is 13.0. The van der Waals surface area contributed by atoms with E-state index in [9.17, 15) is 9.50 Å². The van der Waals surface area contributed by atoms with Gasteiger partial charge in [-0.15, -0.1) is 0 Å². The molecule has 0 bridgehead atoms. The molecule has 2 aromatic rings. The number of hydrogen-bond donors (Lipinski definition) is 1. The SMILES string of the molecule is Cc1cc(F)ccc1C(O)CN1CCN(C)c2ccccc2C1. The Kier molecular flexibility index (Phi) is 4.64. The first-order valence-corrected chi connectivity index (χ1v) is 8.00.